The van der Waals surface area contributed by atoms with E-state index in [0.29, 0.717) is 12.5 Å². The molecular weight excluding hydrogens is 282 g/mol. The van der Waals surface area contributed by atoms with E-state index >= 15 is 0 Å². The number of fused-ring (bicyclic) bond motifs is 1. The van der Waals surface area contributed by atoms with E-state index in [2.05, 4.69) is 20.1 Å². The first kappa shape index (κ1) is 13.9. The molecule has 2 aromatic heterocycles. The first-order chi connectivity index (χ1) is 10.8. The summed E-state index contributed by atoms with van der Waals surface area (Å²) < 4.78 is 7.42. The molecular formula is C15H21N5O2. The highest BCUT2D eigenvalue weighted by atomic mass is 16.5. The minimum Gasteiger partial charge on any atom is -0.390 e. The first-order valence-electron chi connectivity index (χ1n) is 8.03. The van der Waals surface area contributed by atoms with Crippen molar-refractivity contribution in [3.63, 3.8) is 0 Å². The lowest BCUT2D eigenvalue weighted by molar-refractivity contribution is 0.197. The van der Waals surface area contributed by atoms with E-state index < -0.39 is 0 Å². The van der Waals surface area contributed by atoms with Gasteiger partial charge in [0.2, 0.25) is 5.89 Å². The Morgan fingerprint density at radius 2 is 2.14 bits per heavy atom. The molecule has 0 aromatic carbocycles. The van der Waals surface area contributed by atoms with Crippen LogP contribution in [0, 0.1) is 0 Å². The highest BCUT2D eigenvalue weighted by molar-refractivity contribution is 5.11. The topological polar surface area (TPSA) is 80.2 Å². The van der Waals surface area contributed by atoms with Gasteiger partial charge in [-0.3, -0.25) is 9.58 Å². The van der Waals surface area contributed by atoms with E-state index in [4.69, 9.17) is 4.52 Å². The summed E-state index contributed by atoms with van der Waals surface area (Å²) in [6, 6.07) is 1.96. The zero-order chi connectivity index (χ0) is 14.9. The number of rotatable bonds is 4. The van der Waals surface area contributed by atoms with Gasteiger partial charge in [0.05, 0.1) is 31.1 Å². The van der Waals surface area contributed by atoms with Gasteiger partial charge in [0.15, 0.2) is 5.82 Å². The van der Waals surface area contributed by atoms with Crippen molar-refractivity contribution in [1.82, 2.24) is 24.8 Å². The molecule has 1 fully saturated rings. The van der Waals surface area contributed by atoms with Crippen LogP contribution in [0.5, 0.6) is 0 Å². The molecule has 0 unspecified atom stereocenters. The van der Waals surface area contributed by atoms with Crippen molar-refractivity contribution in [3.05, 3.63) is 29.2 Å². The average Bonchev–Trinajstić information content (AvgIpc) is 3.26. The summed E-state index contributed by atoms with van der Waals surface area (Å²) in [5.74, 6) is 2.06. The van der Waals surface area contributed by atoms with E-state index in [9.17, 15) is 5.11 Å². The summed E-state index contributed by atoms with van der Waals surface area (Å²) in [7, 11) is 0. The lowest BCUT2D eigenvalue weighted by Crippen LogP contribution is -2.33. The normalized spacial score (nSPS) is 19.7. The molecule has 1 aliphatic carbocycles. The van der Waals surface area contributed by atoms with Crippen LogP contribution in [0.25, 0.3) is 0 Å². The lowest BCUT2D eigenvalue weighted by Gasteiger charge is -2.26. The molecule has 7 heteroatoms. The predicted octanol–water partition coefficient (Wildman–Crippen LogP) is 1.43. The van der Waals surface area contributed by atoms with Gasteiger partial charge in [0.25, 0.3) is 0 Å². The second-order valence-electron chi connectivity index (χ2n) is 6.25. The Kier molecular flexibility index (Phi) is 3.67. The Labute approximate surface area is 128 Å². The van der Waals surface area contributed by atoms with Gasteiger partial charge in [-0.05, 0) is 18.9 Å². The van der Waals surface area contributed by atoms with Crippen molar-refractivity contribution in [1.29, 1.82) is 0 Å². The van der Waals surface area contributed by atoms with Crippen LogP contribution in [0.1, 0.15) is 54.7 Å². The second kappa shape index (κ2) is 5.81. The summed E-state index contributed by atoms with van der Waals surface area (Å²) in [4.78, 5) is 6.87. The Bertz CT molecular complexity index is 644. The zero-order valence-corrected chi connectivity index (χ0v) is 12.6. The number of aliphatic hydroxyl groups is 1. The third kappa shape index (κ3) is 2.66. The van der Waals surface area contributed by atoms with Gasteiger partial charge >= 0.3 is 0 Å². The van der Waals surface area contributed by atoms with Crippen LogP contribution in [-0.4, -0.2) is 36.5 Å². The number of hydrogen-bond acceptors (Lipinski definition) is 6. The molecule has 0 saturated heterocycles. The minimum atomic E-state index is -0.00437. The van der Waals surface area contributed by atoms with Crippen molar-refractivity contribution in [3.8, 4) is 0 Å². The number of hydrogen-bond donors (Lipinski definition) is 1. The number of aliphatic hydroxyl groups excluding tert-OH is 1. The Morgan fingerprint density at radius 3 is 2.95 bits per heavy atom. The van der Waals surface area contributed by atoms with Crippen molar-refractivity contribution in [2.75, 3.05) is 6.54 Å². The zero-order valence-electron chi connectivity index (χ0n) is 12.6. The van der Waals surface area contributed by atoms with E-state index in [1.165, 1.54) is 25.7 Å². The molecule has 118 valence electrons. The third-order valence-electron chi connectivity index (χ3n) is 4.64. The van der Waals surface area contributed by atoms with E-state index in [1.54, 1.807) is 0 Å². The molecule has 0 spiro atoms. The fraction of sp³-hybridized carbons (Fsp3) is 0.667. The van der Waals surface area contributed by atoms with E-state index in [0.717, 1.165) is 42.7 Å². The van der Waals surface area contributed by atoms with Gasteiger partial charge in [-0.15, -0.1) is 0 Å². The smallest absolute Gasteiger partial charge is 0.229 e. The average molecular weight is 303 g/mol. The SMILES string of the molecule is OCc1cc2n(n1)CCN(Cc1noc(C3CCCC3)n1)C2. The molecule has 0 amide bonds. The third-order valence-corrected chi connectivity index (χ3v) is 4.64. The maximum Gasteiger partial charge on any atom is 0.229 e. The molecule has 0 atom stereocenters. The van der Waals surface area contributed by atoms with Crippen molar-refractivity contribution >= 4 is 0 Å². The number of nitrogens with zero attached hydrogens (tertiary/aromatic N) is 5. The van der Waals surface area contributed by atoms with Gasteiger partial charge in [-0.2, -0.15) is 10.1 Å². The molecule has 0 bridgehead atoms. The molecule has 0 radical (unpaired) electrons. The van der Waals surface area contributed by atoms with Crippen molar-refractivity contribution in [2.24, 2.45) is 0 Å². The van der Waals surface area contributed by atoms with Gasteiger partial charge in [-0.25, -0.2) is 0 Å². The molecule has 1 saturated carbocycles. The monoisotopic (exact) mass is 303 g/mol. The molecule has 22 heavy (non-hydrogen) atoms. The van der Waals surface area contributed by atoms with E-state index in [1.807, 2.05) is 10.7 Å². The maximum absolute atomic E-state index is 9.17. The maximum atomic E-state index is 9.17. The van der Waals surface area contributed by atoms with Crippen LogP contribution < -0.4 is 0 Å². The summed E-state index contributed by atoms with van der Waals surface area (Å²) in [5, 5.41) is 17.7. The van der Waals surface area contributed by atoms with Crippen LogP contribution in [0.3, 0.4) is 0 Å². The lowest BCUT2D eigenvalue weighted by atomic mass is 10.1. The quantitative estimate of drug-likeness (QED) is 0.920. The Morgan fingerprint density at radius 1 is 1.27 bits per heavy atom. The van der Waals surface area contributed by atoms with Crippen molar-refractivity contribution < 1.29 is 9.63 Å². The van der Waals surface area contributed by atoms with Crippen LogP contribution >= 0.6 is 0 Å². The van der Waals surface area contributed by atoms with Crippen molar-refractivity contribution in [2.45, 2.75) is 57.8 Å². The Hall–Kier alpha value is -1.73. The van der Waals surface area contributed by atoms with Gasteiger partial charge in [0, 0.05) is 19.0 Å². The first-order valence-corrected chi connectivity index (χ1v) is 8.03. The Balaban J connectivity index is 1.41. The van der Waals surface area contributed by atoms with Gasteiger partial charge < -0.3 is 9.63 Å². The van der Waals surface area contributed by atoms with Crippen LogP contribution in [0.4, 0.5) is 0 Å². The molecule has 1 aliphatic heterocycles. The number of aromatic nitrogens is 4. The summed E-state index contributed by atoms with van der Waals surface area (Å²) in [6.07, 6.45) is 4.89. The molecule has 2 aromatic rings. The summed E-state index contributed by atoms with van der Waals surface area (Å²) >= 11 is 0. The van der Waals surface area contributed by atoms with Crippen LogP contribution in [-0.2, 0) is 26.2 Å². The summed E-state index contributed by atoms with van der Waals surface area (Å²) in [6.45, 7) is 3.25. The highest BCUT2D eigenvalue weighted by Crippen LogP contribution is 2.33. The molecule has 4 rings (SSSR count). The minimum absolute atomic E-state index is 0.00437. The fourth-order valence-corrected chi connectivity index (χ4v) is 3.46. The van der Waals surface area contributed by atoms with Crippen LogP contribution in [0.2, 0.25) is 0 Å². The van der Waals surface area contributed by atoms with Gasteiger partial charge in [-0.1, -0.05) is 18.0 Å². The van der Waals surface area contributed by atoms with Crippen LogP contribution in [0.15, 0.2) is 10.6 Å². The highest BCUT2D eigenvalue weighted by Gasteiger charge is 2.24. The second-order valence-corrected chi connectivity index (χ2v) is 6.25. The standard InChI is InChI=1S/C15H21N5O2/c21-10-12-7-13-8-19(5-6-20(13)17-12)9-14-16-15(22-18-14)11-3-1-2-4-11/h7,11,21H,1-6,8-10H2. The van der Waals surface area contributed by atoms with E-state index in [-0.39, 0.29) is 6.61 Å². The van der Waals surface area contributed by atoms with Gasteiger partial charge in [0.1, 0.15) is 0 Å². The predicted molar refractivity (Wildman–Crippen MR) is 77.8 cm³/mol. The molecule has 7 nitrogen and oxygen atoms in total. The molecule has 1 N–H and O–H groups in total. The summed E-state index contributed by atoms with van der Waals surface area (Å²) in [5.41, 5.74) is 1.87. The fourth-order valence-electron chi connectivity index (χ4n) is 3.46. The largest absolute Gasteiger partial charge is 0.390 e. The molecule has 2 aliphatic rings. The molecule has 3 heterocycles.